The molecule has 0 aromatic carbocycles. The van der Waals surface area contributed by atoms with E-state index in [0.29, 0.717) is 5.82 Å². The van der Waals surface area contributed by atoms with Gasteiger partial charge in [0.1, 0.15) is 0 Å². The molecule has 0 spiro atoms. The van der Waals surface area contributed by atoms with Crippen LogP contribution >= 0.6 is 0 Å². The Labute approximate surface area is 70.1 Å². The van der Waals surface area contributed by atoms with Gasteiger partial charge in [0.2, 0.25) is 0 Å². The third-order valence-electron chi connectivity index (χ3n) is 1.44. The van der Waals surface area contributed by atoms with Gasteiger partial charge < -0.3 is 0 Å². The molecule has 12 heavy (non-hydrogen) atoms. The van der Waals surface area contributed by atoms with Crippen molar-refractivity contribution in [3.63, 3.8) is 0 Å². The average molecular weight is 156 g/mol. The van der Waals surface area contributed by atoms with Crippen LogP contribution in [0.2, 0.25) is 0 Å². The van der Waals surface area contributed by atoms with E-state index in [2.05, 4.69) is 21.1 Å². The topological polar surface area (TPSA) is 38.7 Å². The summed E-state index contributed by atoms with van der Waals surface area (Å²) in [6.45, 7) is 0. The summed E-state index contributed by atoms with van der Waals surface area (Å²) in [5, 5.41) is 0. The summed E-state index contributed by atoms with van der Waals surface area (Å²) in [4.78, 5) is 12.0. The Morgan fingerprint density at radius 1 is 1.25 bits per heavy atom. The van der Waals surface area contributed by atoms with Crippen molar-refractivity contribution in [3.8, 4) is 11.4 Å². The second-order valence-electron chi connectivity index (χ2n) is 2.25. The van der Waals surface area contributed by atoms with E-state index >= 15 is 0 Å². The first-order valence-electron chi connectivity index (χ1n) is 3.56. The zero-order valence-electron chi connectivity index (χ0n) is 6.31. The van der Waals surface area contributed by atoms with Gasteiger partial charge >= 0.3 is 0 Å². The average Bonchev–Trinajstić information content (AvgIpc) is 2.21. The van der Waals surface area contributed by atoms with Crippen molar-refractivity contribution in [1.82, 2.24) is 15.0 Å². The predicted molar refractivity (Wildman–Crippen MR) is 44.1 cm³/mol. The van der Waals surface area contributed by atoms with E-state index in [9.17, 15) is 0 Å². The highest BCUT2D eigenvalue weighted by Gasteiger charge is 1.96. The minimum Gasteiger partial charge on any atom is -0.264 e. The number of nitrogens with zero attached hydrogens (tertiary/aromatic N) is 3. The zero-order chi connectivity index (χ0) is 8.23. The lowest BCUT2D eigenvalue weighted by Gasteiger charge is -1.95. The van der Waals surface area contributed by atoms with Crippen LogP contribution in [0.15, 0.2) is 36.8 Å². The lowest BCUT2D eigenvalue weighted by Crippen LogP contribution is -1.86. The number of hydrogen-bond donors (Lipinski definition) is 0. The van der Waals surface area contributed by atoms with Gasteiger partial charge in [0.25, 0.3) is 0 Å². The van der Waals surface area contributed by atoms with E-state index in [1.165, 1.54) is 0 Å². The summed E-state index contributed by atoms with van der Waals surface area (Å²) in [6.07, 6.45) is 7.82. The maximum Gasteiger partial charge on any atom is 0.161 e. The maximum atomic E-state index is 4.07. The Morgan fingerprint density at radius 2 is 2.25 bits per heavy atom. The molecule has 3 heteroatoms. The molecule has 2 aromatic rings. The summed E-state index contributed by atoms with van der Waals surface area (Å²) in [6, 6.07) is 5.43. The summed E-state index contributed by atoms with van der Waals surface area (Å²) in [7, 11) is 0. The van der Waals surface area contributed by atoms with Crippen LogP contribution < -0.4 is 0 Å². The fourth-order valence-corrected chi connectivity index (χ4v) is 0.903. The molecule has 0 aliphatic carbocycles. The van der Waals surface area contributed by atoms with Crippen LogP contribution in [0, 0.1) is 6.20 Å². The standard InChI is InChI=1S/C9H6N3/c1-3-8(7-10-4-1)9-11-5-2-6-12-9/h1-5,7H. The first-order valence-corrected chi connectivity index (χ1v) is 3.56. The van der Waals surface area contributed by atoms with E-state index in [-0.39, 0.29) is 0 Å². The molecule has 0 aliphatic rings. The van der Waals surface area contributed by atoms with Gasteiger partial charge in [0.15, 0.2) is 5.82 Å². The molecule has 2 rings (SSSR count). The molecule has 2 heterocycles. The predicted octanol–water partition coefficient (Wildman–Crippen LogP) is 1.34. The van der Waals surface area contributed by atoms with Crippen LogP contribution in [-0.4, -0.2) is 15.0 Å². The smallest absolute Gasteiger partial charge is 0.161 e. The summed E-state index contributed by atoms with van der Waals surface area (Å²) >= 11 is 0. The van der Waals surface area contributed by atoms with E-state index in [4.69, 9.17) is 0 Å². The van der Waals surface area contributed by atoms with Crippen LogP contribution in [0.1, 0.15) is 0 Å². The van der Waals surface area contributed by atoms with Crippen LogP contribution in [0.3, 0.4) is 0 Å². The first kappa shape index (κ1) is 6.91. The molecule has 0 fully saturated rings. The molecule has 0 amide bonds. The lowest BCUT2D eigenvalue weighted by atomic mass is 10.3. The van der Waals surface area contributed by atoms with Gasteiger partial charge in [-0.2, -0.15) is 0 Å². The largest absolute Gasteiger partial charge is 0.264 e. The highest BCUT2D eigenvalue weighted by Crippen LogP contribution is 2.09. The number of aromatic nitrogens is 3. The molecule has 1 radical (unpaired) electrons. The minimum absolute atomic E-state index is 0.658. The van der Waals surface area contributed by atoms with Crippen LogP contribution in [0.4, 0.5) is 0 Å². The van der Waals surface area contributed by atoms with Gasteiger partial charge in [-0.3, -0.25) is 4.98 Å². The Hall–Kier alpha value is -1.77. The van der Waals surface area contributed by atoms with E-state index < -0.39 is 0 Å². The van der Waals surface area contributed by atoms with Gasteiger partial charge in [0, 0.05) is 24.2 Å². The number of hydrogen-bond acceptors (Lipinski definition) is 3. The van der Waals surface area contributed by atoms with Crippen molar-refractivity contribution in [3.05, 3.63) is 43.0 Å². The van der Waals surface area contributed by atoms with Crippen molar-refractivity contribution in [1.29, 1.82) is 0 Å². The highest BCUT2D eigenvalue weighted by atomic mass is 14.9. The summed E-state index contributed by atoms with van der Waals surface area (Å²) in [5.74, 6) is 0.658. The quantitative estimate of drug-likeness (QED) is 0.625. The monoisotopic (exact) mass is 156 g/mol. The molecular formula is C9H6N3. The fourth-order valence-electron chi connectivity index (χ4n) is 0.903. The Balaban J connectivity index is 2.46. The van der Waals surface area contributed by atoms with E-state index in [0.717, 1.165) is 5.56 Å². The first-order chi connectivity index (χ1) is 5.97. The fraction of sp³-hybridized carbons (Fsp3) is 0. The molecular weight excluding hydrogens is 150 g/mol. The SMILES string of the molecule is [c]1ccnc(-c2cccnc2)n1. The van der Waals surface area contributed by atoms with Gasteiger partial charge in [0.05, 0.1) is 6.20 Å². The summed E-state index contributed by atoms with van der Waals surface area (Å²) < 4.78 is 0. The normalized spacial score (nSPS) is 9.67. The molecule has 0 aliphatic heterocycles. The van der Waals surface area contributed by atoms with Gasteiger partial charge in [-0.25, -0.2) is 9.97 Å². The van der Waals surface area contributed by atoms with Crippen molar-refractivity contribution in [2.45, 2.75) is 0 Å². The molecule has 0 N–H and O–H groups in total. The van der Waals surface area contributed by atoms with E-state index in [1.54, 1.807) is 24.7 Å². The molecule has 3 nitrogen and oxygen atoms in total. The van der Waals surface area contributed by atoms with Gasteiger partial charge in [-0.1, -0.05) is 0 Å². The maximum absolute atomic E-state index is 4.07. The Kier molecular flexibility index (Phi) is 1.78. The van der Waals surface area contributed by atoms with E-state index in [1.807, 2.05) is 12.1 Å². The molecule has 57 valence electrons. The molecule has 0 saturated carbocycles. The van der Waals surface area contributed by atoms with Crippen molar-refractivity contribution in [2.24, 2.45) is 0 Å². The third-order valence-corrected chi connectivity index (χ3v) is 1.44. The van der Waals surface area contributed by atoms with Gasteiger partial charge in [-0.05, 0) is 18.2 Å². The van der Waals surface area contributed by atoms with Crippen molar-refractivity contribution in [2.75, 3.05) is 0 Å². The van der Waals surface area contributed by atoms with Crippen LogP contribution in [0.5, 0.6) is 0 Å². The van der Waals surface area contributed by atoms with Crippen LogP contribution in [-0.2, 0) is 0 Å². The summed E-state index contributed by atoms with van der Waals surface area (Å²) in [5.41, 5.74) is 0.911. The molecule has 0 unspecified atom stereocenters. The van der Waals surface area contributed by atoms with Crippen molar-refractivity contribution < 1.29 is 0 Å². The Morgan fingerprint density at radius 3 is 2.92 bits per heavy atom. The second kappa shape index (κ2) is 3.09. The zero-order valence-corrected chi connectivity index (χ0v) is 6.31. The third kappa shape index (κ3) is 1.29. The van der Waals surface area contributed by atoms with Crippen LogP contribution in [0.25, 0.3) is 11.4 Å². The second-order valence-corrected chi connectivity index (χ2v) is 2.25. The highest BCUT2D eigenvalue weighted by molar-refractivity contribution is 5.51. The lowest BCUT2D eigenvalue weighted by molar-refractivity contribution is 1.16. The molecule has 0 atom stereocenters. The molecule has 0 saturated heterocycles. The van der Waals surface area contributed by atoms with Gasteiger partial charge in [-0.15, -0.1) is 0 Å². The number of rotatable bonds is 1. The molecule has 2 aromatic heterocycles. The van der Waals surface area contributed by atoms with Crippen molar-refractivity contribution >= 4 is 0 Å². The molecule has 0 bridgehead atoms. The Bertz CT molecular complexity index is 307. The minimum atomic E-state index is 0.658. The number of pyridine rings is 1.